The lowest BCUT2D eigenvalue weighted by Gasteiger charge is -2.17. The highest BCUT2D eigenvalue weighted by Crippen LogP contribution is 2.36. The van der Waals surface area contributed by atoms with Crippen LogP contribution in [0.15, 0.2) is 30.3 Å². The summed E-state index contributed by atoms with van der Waals surface area (Å²) in [6.45, 7) is 1.89. The minimum Gasteiger partial charge on any atom is -0.384 e. The zero-order valence-electron chi connectivity index (χ0n) is 11.3. The molecule has 1 unspecified atom stereocenters. The van der Waals surface area contributed by atoms with Gasteiger partial charge in [-0.25, -0.2) is 0 Å². The number of aliphatic hydroxyl groups excluding tert-OH is 1. The van der Waals surface area contributed by atoms with Gasteiger partial charge in [-0.1, -0.05) is 29.3 Å². The monoisotopic (exact) mass is 321 g/mol. The van der Waals surface area contributed by atoms with Gasteiger partial charge in [0.05, 0.1) is 6.42 Å². The van der Waals surface area contributed by atoms with E-state index in [2.05, 4.69) is 5.32 Å². The molecule has 5 heteroatoms. The van der Waals surface area contributed by atoms with Crippen molar-refractivity contribution in [3.05, 3.63) is 62.6 Å². The number of aryl methyl sites for hydroxylation is 1. The van der Waals surface area contributed by atoms with E-state index >= 15 is 0 Å². The molecule has 108 valence electrons. The molecule has 0 aliphatic carbocycles. The minimum absolute atomic E-state index is 0.0598. The van der Waals surface area contributed by atoms with Crippen LogP contribution in [0.1, 0.15) is 28.4 Å². The molecule has 0 saturated carbocycles. The van der Waals surface area contributed by atoms with Gasteiger partial charge in [-0.05, 0) is 47.9 Å². The maximum atomic E-state index is 11.4. The number of hydrogen-bond acceptors (Lipinski definition) is 2. The largest absolute Gasteiger partial charge is 0.384 e. The molecule has 21 heavy (non-hydrogen) atoms. The maximum Gasteiger partial charge on any atom is 0.228 e. The summed E-state index contributed by atoms with van der Waals surface area (Å²) in [6.07, 6.45) is -0.540. The number of halogens is 2. The molecule has 0 aromatic heterocycles. The van der Waals surface area contributed by atoms with Crippen molar-refractivity contribution in [1.82, 2.24) is 0 Å². The SMILES string of the molecule is Cc1cc(Cl)ccc1C(O)c1cc2c(cc1Cl)NC(=O)C2. The number of nitrogens with one attached hydrogen (secondary N) is 1. The van der Waals surface area contributed by atoms with Crippen LogP contribution in [0.4, 0.5) is 5.69 Å². The summed E-state index contributed by atoms with van der Waals surface area (Å²) < 4.78 is 0. The first kappa shape index (κ1) is 14.4. The summed E-state index contributed by atoms with van der Waals surface area (Å²) in [5.41, 5.74) is 3.80. The number of anilines is 1. The zero-order valence-corrected chi connectivity index (χ0v) is 12.8. The van der Waals surface area contributed by atoms with E-state index in [4.69, 9.17) is 23.2 Å². The molecule has 2 aromatic carbocycles. The van der Waals surface area contributed by atoms with Crippen LogP contribution in [-0.2, 0) is 11.2 Å². The standard InChI is InChI=1S/C16H13Cl2NO2/c1-8-4-10(17)2-3-11(8)16(21)12-5-9-6-15(20)19-14(9)7-13(12)18/h2-5,7,16,21H,6H2,1H3,(H,19,20). The topological polar surface area (TPSA) is 49.3 Å². The molecule has 1 amide bonds. The zero-order chi connectivity index (χ0) is 15.1. The second kappa shape index (κ2) is 5.34. The van der Waals surface area contributed by atoms with Gasteiger partial charge in [0.25, 0.3) is 0 Å². The number of amides is 1. The molecular formula is C16H13Cl2NO2. The molecule has 2 aromatic rings. The molecule has 1 heterocycles. The Labute approximate surface area is 132 Å². The van der Waals surface area contributed by atoms with Gasteiger partial charge in [0.1, 0.15) is 6.10 Å². The number of carbonyl (C=O) groups excluding carboxylic acids is 1. The number of hydrogen-bond donors (Lipinski definition) is 2. The third-order valence-corrected chi connectivity index (χ3v) is 4.23. The summed E-state index contributed by atoms with van der Waals surface area (Å²) in [4.78, 5) is 11.4. The van der Waals surface area contributed by atoms with Crippen LogP contribution in [0.5, 0.6) is 0 Å². The van der Waals surface area contributed by atoms with Gasteiger partial charge < -0.3 is 10.4 Å². The van der Waals surface area contributed by atoms with Gasteiger partial charge >= 0.3 is 0 Å². The smallest absolute Gasteiger partial charge is 0.228 e. The van der Waals surface area contributed by atoms with Crippen molar-refractivity contribution in [3.8, 4) is 0 Å². The van der Waals surface area contributed by atoms with Crippen molar-refractivity contribution in [2.24, 2.45) is 0 Å². The van der Waals surface area contributed by atoms with Crippen LogP contribution in [0.2, 0.25) is 10.0 Å². The van der Waals surface area contributed by atoms with Crippen molar-refractivity contribution in [2.75, 3.05) is 5.32 Å². The number of fused-ring (bicyclic) bond motifs is 1. The summed E-state index contributed by atoms with van der Waals surface area (Å²) >= 11 is 12.2. The number of rotatable bonds is 2. The highest BCUT2D eigenvalue weighted by atomic mass is 35.5. The first-order chi connectivity index (χ1) is 9.95. The fourth-order valence-electron chi connectivity index (χ4n) is 2.59. The van der Waals surface area contributed by atoms with Crippen molar-refractivity contribution in [3.63, 3.8) is 0 Å². The van der Waals surface area contributed by atoms with E-state index in [0.717, 1.165) is 16.7 Å². The summed E-state index contributed by atoms with van der Waals surface area (Å²) in [6, 6.07) is 8.79. The van der Waals surface area contributed by atoms with E-state index in [0.29, 0.717) is 27.7 Å². The van der Waals surface area contributed by atoms with Gasteiger partial charge in [0.2, 0.25) is 5.91 Å². The van der Waals surface area contributed by atoms with E-state index in [1.807, 2.05) is 6.92 Å². The average Bonchev–Trinajstić information content (AvgIpc) is 2.76. The molecule has 1 aliphatic rings. The summed E-state index contributed by atoms with van der Waals surface area (Å²) in [5, 5.41) is 14.4. The van der Waals surface area contributed by atoms with Crippen LogP contribution in [0.3, 0.4) is 0 Å². The average molecular weight is 322 g/mol. The van der Waals surface area contributed by atoms with Gasteiger partial charge in [-0.3, -0.25) is 4.79 Å². The summed E-state index contributed by atoms with van der Waals surface area (Å²) in [5.74, 6) is -0.0598. The molecule has 1 aliphatic heterocycles. The normalized spacial score (nSPS) is 14.8. The Morgan fingerprint density at radius 2 is 1.95 bits per heavy atom. The minimum atomic E-state index is -0.851. The van der Waals surface area contributed by atoms with Gasteiger partial charge in [0, 0.05) is 21.3 Å². The van der Waals surface area contributed by atoms with Gasteiger partial charge in [-0.2, -0.15) is 0 Å². The molecule has 2 N–H and O–H groups in total. The predicted octanol–water partition coefficient (Wildman–Crippen LogP) is 3.88. The van der Waals surface area contributed by atoms with E-state index in [9.17, 15) is 9.90 Å². The van der Waals surface area contributed by atoms with Crippen LogP contribution in [0, 0.1) is 6.92 Å². The molecule has 0 saturated heterocycles. The third-order valence-electron chi connectivity index (χ3n) is 3.67. The third kappa shape index (κ3) is 2.64. The highest BCUT2D eigenvalue weighted by Gasteiger charge is 2.23. The predicted molar refractivity (Wildman–Crippen MR) is 84.0 cm³/mol. The lowest BCUT2D eigenvalue weighted by atomic mass is 9.95. The van der Waals surface area contributed by atoms with Gasteiger partial charge in [-0.15, -0.1) is 0 Å². The van der Waals surface area contributed by atoms with Crippen LogP contribution in [-0.4, -0.2) is 11.0 Å². The number of aliphatic hydroxyl groups is 1. The van der Waals surface area contributed by atoms with Crippen LogP contribution in [0.25, 0.3) is 0 Å². The second-order valence-electron chi connectivity index (χ2n) is 5.16. The van der Waals surface area contributed by atoms with Crippen LogP contribution >= 0.6 is 23.2 Å². The van der Waals surface area contributed by atoms with Gasteiger partial charge in [0.15, 0.2) is 0 Å². The van der Waals surface area contributed by atoms with E-state index < -0.39 is 6.10 Å². The number of carbonyl (C=O) groups is 1. The second-order valence-corrected chi connectivity index (χ2v) is 6.00. The van der Waals surface area contributed by atoms with Crippen molar-refractivity contribution >= 4 is 34.8 Å². The number of benzene rings is 2. The summed E-state index contributed by atoms with van der Waals surface area (Å²) in [7, 11) is 0. The van der Waals surface area contributed by atoms with E-state index in [1.165, 1.54) is 0 Å². The fraction of sp³-hybridized carbons (Fsp3) is 0.188. The Hall–Kier alpha value is -1.55. The molecule has 0 spiro atoms. The van der Waals surface area contributed by atoms with E-state index in [1.54, 1.807) is 30.3 Å². The molecule has 0 radical (unpaired) electrons. The molecule has 0 bridgehead atoms. The first-order valence-corrected chi connectivity index (χ1v) is 7.27. The Morgan fingerprint density at radius 1 is 1.19 bits per heavy atom. The maximum absolute atomic E-state index is 11.4. The Bertz CT molecular complexity index is 743. The Balaban J connectivity index is 2.04. The van der Waals surface area contributed by atoms with Crippen LogP contribution < -0.4 is 5.32 Å². The molecule has 0 fully saturated rings. The Morgan fingerprint density at radius 3 is 2.67 bits per heavy atom. The molecule has 1 atom stereocenters. The van der Waals surface area contributed by atoms with Crippen molar-refractivity contribution < 1.29 is 9.90 Å². The fourth-order valence-corrected chi connectivity index (χ4v) is 3.08. The molecule has 3 rings (SSSR count). The Kier molecular flexibility index (Phi) is 3.66. The lowest BCUT2D eigenvalue weighted by Crippen LogP contribution is -2.03. The molecule has 3 nitrogen and oxygen atoms in total. The highest BCUT2D eigenvalue weighted by molar-refractivity contribution is 6.32. The molecular weight excluding hydrogens is 309 g/mol. The quantitative estimate of drug-likeness (QED) is 0.881. The van der Waals surface area contributed by atoms with Crippen molar-refractivity contribution in [1.29, 1.82) is 0 Å². The van der Waals surface area contributed by atoms with Crippen molar-refractivity contribution in [2.45, 2.75) is 19.4 Å². The first-order valence-electron chi connectivity index (χ1n) is 6.52. The van der Waals surface area contributed by atoms with E-state index in [-0.39, 0.29) is 5.91 Å². The lowest BCUT2D eigenvalue weighted by molar-refractivity contribution is -0.115.